The van der Waals surface area contributed by atoms with Crippen molar-refractivity contribution < 1.29 is 4.79 Å². The van der Waals surface area contributed by atoms with Gasteiger partial charge in [0.25, 0.3) is 5.24 Å². The van der Waals surface area contributed by atoms with Gasteiger partial charge in [-0.3, -0.25) is 4.79 Å². The number of aryl methyl sites for hydroxylation is 2. The maximum atomic E-state index is 11.1. The summed E-state index contributed by atoms with van der Waals surface area (Å²) in [7, 11) is 0. The normalized spacial score (nSPS) is 11.5. The van der Waals surface area contributed by atoms with E-state index < -0.39 is 0 Å². The Morgan fingerprint density at radius 1 is 1.00 bits per heavy atom. The fourth-order valence-electron chi connectivity index (χ4n) is 2.69. The van der Waals surface area contributed by atoms with E-state index in [9.17, 15) is 4.79 Å². The second kappa shape index (κ2) is 6.17. The Kier molecular flexibility index (Phi) is 4.66. The smallest absolute Gasteiger partial charge is 0.281 e. The zero-order chi connectivity index (χ0) is 16.5. The molecule has 0 saturated heterocycles. The molecule has 2 aromatic carbocycles. The molecule has 22 heavy (non-hydrogen) atoms. The number of hydrogen-bond donors (Lipinski definition) is 1. The predicted octanol–water partition coefficient (Wildman–Crippen LogP) is 5.44. The molecular weight excluding hydrogens is 290 g/mol. The summed E-state index contributed by atoms with van der Waals surface area (Å²) in [5.41, 5.74) is 11.5. The lowest BCUT2D eigenvalue weighted by molar-refractivity contribution is 0.267. The van der Waals surface area contributed by atoms with Gasteiger partial charge in [-0.2, -0.15) is 0 Å². The van der Waals surface area contributed by atoms with E-state index >= 15 is 0 Å². The average molecular weight is 313 g/mol. The third-order valence-electron chi connectivity index (χ3n) is 3.76. The van der Waals surface area contributed by atoms with Crippen molar-refractivity contribution in [2.75, 3.05) is 0 Å². The minimum Gasteiger partial charge on any atom is -0.360 e. The van der Waals surface area contributed by atoms with Crippen LogP contribution in [-0.4, -0.2) is 5.24 Å². The molecule has 0 atom stereocenters. The van der Waals surface area contributed by atoms with E-state index in [1.807, 2.05) is 12.1 Å². The van der Waals surface area contributed by atoms with Gasteiger partial charge < -0.3 is 5.73 Å². The molecule has 0 aliphatic heterocycles. The Balaban J connectivity index is 2.42. The quantitative estimate of drug-likeness (QED) is 0.750. The van der Waals surface area contributed by atoms with Gasteiger partial charge in [-0.05, 0) is 71.0 Å². The summed E-state index contributed by atoms with van der Waals surface area (Å²) in [6.07, 6.45) is 0. The molecule has 0 fully saturated rings. The summed E-state index contributed by atoms with van der Waals surface area (Å²) in [6, 6.07) is 12.8. The van der Waals surface area contributed by atoms with E-state index in [4.69, 9.17) is 5.73 Å². The zero-order valence-corrected chi connectivity index (χ0v) is 14.7. The number of carbonyl (C=O) groups is 1. The largest absolute Gasteiger partial charge is 0.360 e. The van der Waals surface area contributed by atoms with Crippen molar-refractivity contribution in [3.05, 3.63) is 53.1 Å². The van der Waals surface area contributed by atoms with Gasteiger partial charge in [-0.25, -0.2) is 0 Å². The number of benzene rings is 2. The number of hydrogen-bond acceptors (Lipinski definition) is 2. The molecule has 0 radical (unpaired) electrons. The molecule has 2 rings (SSSR count). The topological polar surface area (TPSA) is 43.1 Å². The van der Waals surface area contributed by atoms with Gasteiger partial charge >= 0.3 is 0 Å². The number of thioether (sulfide) groups is 1. The molecule has 2 N–H and O–H groups in total. The highest BCUT2D eigenvalue weighted by Crippen LogP contribution is 2.33. The van der Waals surface area contributed by atoms with E-state index in [0.717, 1.165) is 27.8 Å². The number of carbonyl (C=O) groups excluding carboxylic acids is 1. The van der Waals surface area contributed by atoms with Crippen LogP contribution >= 0.6 is 11.8 Å². The Morgan fingerprint density at radius 3 is 1.91 bits per heavy atom. The van der Waals surface area contributed by atoms with Crippen LogP contribution in [0.4, 0.5) is 4.79 Å². The molecule has 0 aliphatic carbocycles. The second-order valence-corrected chi connectivity index (χ2v) is 7.76. The second-order valence-electron chi connectivity index (χ2n) is 6.68. The van der Waals surface area contributed by atoms with Crippen molar-refractivity contribution in [2.45, 2.75) is 44.9 Å². The Labute approximate surface area is 137 Å². The van der Waals surface area contributed by atoms with Gasteiger partial charge in [-0.1, -0.05) is 45.0 Å². The highest BCUT2D eigenvalue weighted by Gasteiger charge is 2.14. The summed E-state index contributed by atoms with van der Waals surface area (Å²) in [5.74, 6) is 0. The van der Waals surface area contributed by atoms with Crippen LogP contribution in [0.2, 0.25) is 0 Å². The maximum absolute atomic E-state index is 11.1. The van der Waals surface area contributed by atoms with E-state index in [1.165, 1.54) is 16.7 Å². The first-order chi connectivity index (χ1) is 10.2. The van der Waals surface area contributed by atoms with Gasteiger partial charge in [0.1, 0.15) is 0 Å². The number of amides is 1. The van der Waals surface area contributed by atoms with Crippen LogP contribution in [-0.2, 0) is 5.41 Å². The molecule has 0 spiro atoms. The lowest BCUT2D eigenvalue weighted by Gasteiger charge is -2.20. The molecule has 0 aromatic heterocycles. The SMILES string of the molecule is Cc1cc(SC(N)=O)cc(C)c1-c1ccc(C(C)(C)C)cc1. The first-order valence-corrected chi connectivity index (χ1v) is 8.19. The van der Waals surface area contributed by atoms with Crippen LogP contribution in [0.15, 0.2) is 41.3 Å². The lowest BCUT2D eigenvalue weighted by Crippen LogP contribution is -2.10. The fraction of sp³-hybridized carbons (Fsp3) is 0.316. The molecule has 3 heteroatoms. The first-order valence-electron chi connectivity index (χ1n) is 7.38. The number of primary amides is 1. The Hall–Kier alpha value is -1.74. The van der Waals surface area contributed by atoms with Crippen LogP contribution in [0.25, 0.3) is 11.1 Å². The Bertz CT molecular complexity index is 673. The summed E-state index contributed by atoms with van der Waals surface area (Å²) in [4.78, 5) is 12.0. The van der Waals surface area contributed by atoms with Crippen LogP contribution in [0, 0.1) is 13.8 Å². The van der Waals surface area contributed by atoms with E-state index in [0.29, 0.717) is 0 Å². The van der Waals surface area contributed by atoms with Crippen LogP contribution in [0.5, 0.6) is 0 Å². The van der Waals surface area contributed by atoms with Crippen LogP contribution < -0.4 is 5.73 Å². The van der Waals surface area contributed by atoms with Crippen molar-refractivity contribution in [1.82, 2.24) is 0 Å². The van der Waals surface area contributed by atoms with Crippen LogP contribution in [0.1, 0.15) is 37.5 Å². The molecule has 0 aliphatic rings. The zero-order valence-electron chi connectivity index (χ0n) is 13.9. The third-order valence-corrected chi connectivity index (χ3v) is 4.44. The van der Waals surface area contributed by atoms with E-state index in [1.54, 1.807) is 0 Å². The monoisotopic (exact) mass is 313 g/mol. The molecule has 116 valence electrons. The third kappa shape index (κ3) is 3.72. The number of nitrogens with two attached hydrogens (primary N) is 1. The van der Waals surface area contributed by atoms with E-state index in [2.05, 4.69) is 58.9 Å². The van der Waals surface area contributed by atoms with Crippen LogP contribution in [0.3, 0.4) is 0 Å². The summed E-state index contributed by atoms with van der Waals surface area (Å²) >= 11 is 1.08. The van der Waals surface area contributed by atoms with Gasteiger partial charge in [-0.15, -0.1) is 0 Å². The minimum atomic E-state index is -0.374. The predicted molar refractivity (Wildman–Crippen MR) is 95.5 cm³/mol. The molecule has 2 aromatic rings. The maximum Gasteiger partial charge on any atom is 0.281 e. The van der Waals surface area contributed by atoms with Gasteiger partial charge in [0.2, 0.25) is 0 Å². The number of rotatable bonds is 2. The van der Waals surface area contributed by atoms with Crippen molar-refractivity contribution in [1.29, 1.82) is 0 Å². The molecule has 1 amide bonds. The summed E-state index contributed by atoms with van der Waals surface area (Å²) in [5, 5.41) is -0.374. The van der Waals surface area contributed by atoms with Crippen molar-refractivity contribution in [3.63, 3.8) is 0 Å². The summed E-state index contributed by atoms with van der Waals surface area (Å²) in [6.45, 7) is 10.8. The highest BCUT2D eigenvalue weighted by molar-refractivity contribution is 8.13. The van der Waals surface area contributed by atoms with Gasteiger partial charge in [0.15, 0.2) is 0 Å². The van der Waals surface area contributed by atoms with Gasteiger partial charge in [0.05, 0.1) is 0 Å². The minimum absolute atomic E-state index is 0.157. The van der Waals surface area contributed by atoms with Crippen molar-refractivity contribution in [3.8, 4) is 11.1 Å². The fourth-order valence-corrected chi connectivity index (χ4v) is 3.39. The molecule has 0 heterocycles. The molecule has 0 bridgehead atoms. The summed E-state index contributed by atoms with van der Waals surface area (Å²) < 4.78 is 0. The standard InChI is InChI=1S/C19H23NOS/c1-12-10-16(22-18(20)21)11-13(2)17(12)14-6-8-15(9-7-14)19(3,4)5/h6-11H,1-5H3,(H2,20,21). The first kappa shape index (κ1) is 16.6. The van der Waals surface area contributed by atoms with Crippen molar-refractivity contribution >= 4 is 17.0 Å². The lowest BCUT2D eigenvalue weighted by atomic mass is 9.85. The average Bonchev–Trinajstić information content (AvgIpc) is 2.36. The van der Waals surface area contributed by atoms with E-state index in [-0.39, 0.29) is 10.7 Å². The molecule has 2 nitrogen and oxygen atoms in total. The molecule has 0 unspecified atom stereocenters. The van der Waals surface area contributed by atoms with Crippen molar-refractivity contribution in [2.24, 2.45) is 5.73 Å². The Morgan fingerprint density at radius 2 is 1.50 bits per heavy atom. The van der Waals surface area contributed by atoms with Gasteiger partial charge in [0, 0.05) is 4.90 Å². The highest BCUT2D eigenvalue weighted by atomic mass is 32.2. The molecular formula is C19H23NOS. The molecule has 0 saturated carbocycles.